The summed E-state index contributed by atoms with van der Waals surface area (Å²) in [5.41, 5.74) is 0.607. The van der Waals surface area contributed by atoms with Crippen LogP contribution in [0.1, 0.15) is 28.6 Å². The first-order valence-corrected chi connectivity index (χ1v) is 4.77. The van der Waals surface area contributed by atoms with E-state index in [0.29, 0.717) is 10.0 Å². The number of pyridine rings is 1. The third kappa shape index (κ3) is 1.67. The quantitative estimate of drug-likeness (QED) is 0.800. The minimum absolute atomic E-state index is 0.0354. The zero-order valence-corrected chi connectivity index (χ0v) is 8.11. The lowest BCUT2D eigenvalue weighted by molar-refractivity contribution is 0.644. The predicted octanol–water partition coefficient (Wildman–Crippen LogP) is 2.27. The molecule has 1 aliphatic rings. The van der Waals surface area contributed by atoms with Crippen molar-refractivity contribution in [1.29, 1.82) is 0 Å². The van der Waals surface area contributed by atoms with Crippen LogP contribution in [0.2, 0.25) is 0 Å². The van der Waals surface area contributed by atoms with E-state index >= 15 is 0 Å². The second-order valence-electron chi connectivity index (χ2n) is 2.84. The van der Waals surface area contributed by atoms with E-state index in [1.807, 2.05) is 0 Å². The van der Waals surface area contributed by atoms with E-state index in [9.17, 15) is 0 Å². The molecule has 1 atom stereocenters. The highest BCUT2D eigenvalue weighted by molar-refractivity contribution is 9.10. The van der Waals surface area contributed by atoms with E-state index in [1.165, 1.54) is 0 Å². The summed E-state index contributed by atoms with van der Waals surface area (Å²) in [6, 6.07) is 0.272. The molecule has 2 heterocycles. The van der Waals surface area contributed by atoms with E-state index < -0.39 is 0 Å². The normalized spacial score (nSPS) is 26.4. The van der Waals surface area contributed by atoms with Crippen molar-refractivity contribution < 1.29 is 4.11 Å². The molecule has 0 saturated carbocycles. The van der Waals surface area contributed by atoms with Crippen LogP contribution in [0.3, 0.4) is 0 Å². The van der Waals surface area contributed by atoms with Crippen LogP contribution in [-0.4, -0.2) is 11.5 Å². The van der Waals surface area contributed by atoms with E-state index in [2.05, 4.69) is 26.2 Å². The van der Waals surface area contributed by atoms with Gasteiger partial charge in [0.25, 0.3) is 0 Å². The highest BCUT2D eigenvalue weighted by Gasteiger charge is 2.15. The van der Waals surface area contributed by atoms with Gasteiger partial charge in [0.1, 0.15) is 0 Å². The van der Waals surface area contributed by atoms with Crippen LogP contribution in [0.25, 0.3) is 0 Å². The summed E-state index contributed by atoms with van der Waals surface area (Å²) in [5, 5.41) is 3.24. The Morgan fingerprint density at radius 1 is 1.67 bits per heavy atom. The zero-order chi connectivity index (χ0) is 11.0. The molecule has 0 radical (unpaired) electrons. The van der Waals surface area contributed by atoms with Crippen LogP contribution in [0, 0.1) is 0 Å². The molecule has 0 aliphatic carbocycles. The van der Waals surface area contributed by atoms with Crippen LogP contribution in [0.15, 0.2) is 22.9 Å². The smallest absolute Gasteiger partial charge is 0.0852 e. The highest BCUT2D eigenvalue weighted by Crippen LogP contribution is 2.23. The maximum absolute atomic E-state index is 7.87. The third-order valence-corrected chi connectivity index (χ3v) is 2.36. The van der Waals surface area contributed by atoms with Crippen molar-refractivity contribution in [2.24, 2.45) is 0 Å². The van der Waals surface area contributed by atoms with Crippen molar-refractivity contribution in [1.82, 2.24) is 10.3 Å². The van der Waals surface area contributed by atoms with Gasteiger partial charge in [-0.25, -0.2) is 0 Å². The van der Waals surface area contributed by atoms with Crippen LogP contribution < -0.4 is 5.32 Å². The number of nitrogens with one attached hydrogen (secondary N) is 1. The molecule has 3 heteroatoms. The van der Waals surface area contributed by atoms with Gasteiger partial charge in [0, 0.05) is 22.9 Å². The molecule has 1 fully saturated rings. The summed E-state index contributed by atoms with van der Waals surface area (Å²) >= 11 is 3.16. The van der Waals surface area contributed by atoms with Crippen LogP contribution in [0.5, 0.6) is 0 Å². The molecule has 2 nitrogen and oxygen atoms in total. The topological polar surface area (TPSA) is 24.9 Å². The predicted molar refractivity (Wildman–Crippen MR) is 51.9 cm³/mol. The Hall–Kier alpha value is -0.410. The van der Waals surface area contributed by atoms with Crippen molar-refractivity contribution in [2.45, 2.75) is 18.9 Å². The van der Waals surface area contributed by atoms with Crippen LogP contribution in [0.4, 0.5) is 0 Å². The average molecular weight is 230 g/mol. The Bertz CT molecular complexity index is 391. The standard InChI is InChI=1S/C9H11BrN2/c10-8-4-7(5-11-6-8)9-2-1-3-12-9/h4-6,9,12H,1-3H2/t9-/m1/s1/i4D,5D,6D. The van der Waals surface area contributed by atoms with Crippen molar-refractivity contribution in [2.75, 3.05) is 6.54 Å². The van der Waals surface area contributed by atoms with Crippen molar-refractivity contribution in [3.8, 4) is 0 Å². The van der Waals surface area contributed by atoms with Gasteiger partial charge in [0.15, 0.2) is 0 Å². The van der Waals surface area contributed by atoms with Gasteiger partial charge in [-0.05, 0) is 46.9 Å². The van der Waals surface area contributed by atoms with Gasteiger partial charge in [0.05, 0.1) is 4.11 Å². The Morgan fingerprint density at radius 3 is 3.33 bits per heavy atom. The van der Waals surface area contributed by atoms with Gasteiger partial charge < -0.3 is 5.32 Å². The largest absolute Gasteiger partial charge is 0.310 e. The molecule has 64 valence electrons. The maximum Gasteiger partial charge on any atom is 0.0852 e. The Labute approximate surface area is 84.7 Å². The van der Waals surface area contributed by atoms with Crippen molar-refractivity contribution in [3.05, 3.63) is 28.4 Å². The second kappa shape index (κ2) is 3.54. The van der Waals surface area contributed by atoms with Gasteiger partial charge in [0.2, 0.25) is 0 Å². The second-order valence-corrected chi connectivity index (χ2v) is 3.63. The van der Waals surface area contributed by atoms with Gasteiger partial charge in [-0.15, -0.1) is 0 Å². The Kier molecular flexibility index (Phi) is 1.58. The fraction of sp³-hybridized carbons (Fsp3) is 0.444. The number of hydrogen-bond acceptors (Lipinski definition) is 2. The summed E-state index contributed by atoms with van der Waals surface area (Å²) < 4.78 is 23.4. The number of hydrogen-bond donors (Lipinski definition) is 1. The summed E-state index contributed by atoms with van der Waals surface area (Å²) in [6.45, 7) is 0.920. The van der Waals surface area contributed by atoms with Crippen LogP contribution in [-0.2, 0) is 0 Å². The summed E-state index contributed by atoms with van der Waals surface area (Å²) in [6.07, 6.45) is 2.01. The van der Waals surface area contributed by atoms with E-state index in [-0.39, 0.29) is 24.4 Å². The molecule has 1 aliphatic heterocycles. The lowest BCUT2D eigenvalue weighted by atomic mass is 10.1. The Balaban J connectivity index is 2.50. The number of halogens is 1. The van der Waals surface area contributed by atoms with Gasteiger partial charge >= 0.3 is 0 Å². The van der Waals surface area contributed by atoms with Gasteiger partial charge in [-0.2, -0.15) is 0 Å². The minimum Gasteiger partial charge on any atom is -0.310 e. The monoisotopic (exact) mass is 229 g/mol. The first-order chi connectivity index (χ1) is 7.11. The SMILES string of the molecule is [2H]c1nc([2H])c([C@H]2CCCN2)c([2H])c1Br. The molecule has 1 aromatic heterocycles. The first kappa shape index (κ1) is 5.35. The zero-order valence-electron chi connectivity index (χ0n) is 9.52. The molecule has 0 unspecified atom stereocenters. The minimum atomic E-state index is -0.0354. The molecule has 12 heavy (non-hydrogen) atoms. The van der Waals surface area contributed by atoms with Crippen LogP contribution >= 0.6 is 15.9 Å². The molecule has 1 N–H and O–H groups in total. The number of nitrogens with zero attached hydrogens (tertiary/aromatic N) is 1. The molecule has 0 aromatic carbocycles. The van der Waals surface area contributed by atoms with E-state index in [0.717, 1.165) is 19.4 Å². The number of rotatable bonds is 1. The third-order valence-electron chi connectivity index (χ3n) is 1.98. The fourth-order valence-corrected chi connectivity index (χ4v) is 1.71. The summed E-state index contributed by atoms with van der Waals surface area (Å²) in [4.78, 5) is 3.80. The highest BCUT2D eigenvalue weighted by atomic mass is 79.9. The Morgan fingerprint density at radius 2 is 2.58 bits per heavy atom. The van der Waals surface area contributed by atoms with E-state index in [4.69, 9.17) is 4.11 Å². The molecule has 0 spiro atoms. The van der Waals surface area contributed by atoms with Crippen molar-refractivity contribution in [3.63, 3.8) is 0 Å². The van der Waals surface area contributed by atoms with E-state index in [1.54, 1.807) is 0 Å². The molecular formula is C9H11BrN2. The maximum atomic E-state index is 7.87. The fourth-order valence-electron chi connectivity index (χ4n) is 1.41. The number of aromatic nitrogens is 1. The van der Waals surface area contributed by atoms with Crippen molar-refractivity contribution >= 4 is 15.9 Å². The molecule has 1 saturated heterocycles. The lowest BCUT2D eigenvalue weighted by Gasteiger charge is -2.09. The molecule has 2 rings (SSSR count). The molecule has 0 bridgehead atoms. The molecule has 0 amide bonds. The molecular weight excluding hydrogens is 216 g/mol. The lowest BCUT2D eigenvalue weighted by Crippen LogP contribution is -2.12. The average Bonchev–Trinajstić information content (AvgIpc) is 2.68. The molecule has 1 aromatic rings. The summed E-state index contributed by atoms with van der Waals surface area (Å²) in [5.74, 6) is 0. The summed E-state index contributed by atoms with van der Waals surface area (Å²) in [7, 11) is 0. The van der Waals surface area contributed by atoms with Gasteiger partial charge in [-0.3, -0.25) is 4.98 Å². The first-order valence-electron chi connectivity index (χ1n) is 5.48. The van der Waals surface area contributed by atoms with Gasteiger partial charge in [-0.1, -0.05) is 0 Å².